The lowest BCUT2D eigenvalue weighted by atomic mass is 10.2. The molecule has 0 fully saturated rings. The van der Waals surface area contributed by atoms with Gasteiger partial charge >= 0.3 is 7.94 Å². The van der Waals surface area contributed by atoms with Gasteiger partial charge in [0.2, 0.25) is 0 Å². The molecule has 0 heterocycles. The van der Waals surface area contributed by atoms with Gasteiger partial charge in [0.05, 0.1) is 0 Å². The van der Waals surface area contributed by atoms with Crippen LogP contribution in [-0.2, 0) is 0 Å². The first kappa shape index (κ1) is 9.36. The Balaban J connectivity index is 2.94. The SMILES string of the molecule is C=C(c1ccccc1)[P+](O)(O)O. The molecule has 0 spiro atoms. The largest absolute Gasteiger partial charge is 0.440 e. The lowest BCUT2D eigenvalue weighted by Crippen LogP contribution is -1.90. The molecule has 1 rings (SSSR count). The number of benzene rings is 1. The van der Waals surface area contributed by atoms with Gasteiger partial charge in [-0.05, 0) is 6.58 Å². The van der Waals surface area contributed by atoms with E-state index in [2.05, 4.69) is 6.58 Å². The molecule has 0 bridgehead atoms. The standard InChI is InChI=1S/C8H10O3P/c1-7(12(9,10)11)8-5-3-2-4-6-8/h2-6,9-11H,1H2/q+1. The Hall–Kier alpha value is -0.730. The fraction of sp³-hybridized carbons (Fsp3) is 0. The van der Waals surface area contributed by atoms with Crippen LogP contribution in [0.25, 0.3) is 5.31 Å². The zero-order valence-corrected chi connectivity index (χ0v) is 7.28. The van der Waals surface area contributed by atoms with Crippen molar-refractivity contribution in [2.45, 2.75) is 0 Å². The summed E-state index contributed by atoms with van der Waals surface area (Å²) in [6.07, 6.45) is 0. The molecular formula is C8H10O3P+. The van der Waals surface area contributed by atoms with E-state index in [1.165, 1.54) is 0 Å². The van der Waals surface area contributed by atoms with Crippen molar-refractivity contribution in [3.8, 4) is 0 Å². The summed E-state index contributed by atoms with van der Waals surface area (Å²) >= 11 is 0. The van der Waals surface area contributed by atoms with E-state index in [0.29, 0.717) is 5.56 Å². The van der Waals surface area contributed by atoms with Gasteiger partial charge in [-0.25, -0.2) is 0 Å². The van der Waals surface area contributed by atoms with Crippen LogP contribution in [0.3, 0.4) is 0 Å². The molecule has 4 heteroatoms. The molecule has 0 aliphatic heterocycles. The molecule has 1 aromatic rings. The van der Waals surface area contributed by atoms with Gasteiger partial charge in [0, 0.05) is 5.56 Å². The van der Waals surface area contributed by atoms with Crippen LogP contribution in [0.1, 0.15) is 5.56 Å². The van der Waals surface area contributed by atoms with Gasteiger partial charge in [-0.1, -0.05) is 30.3 Å². The predicted molar refractivity (Wildman–Crippen MR) is 49.1 cm³/mol. The average Bonchev–Trinajstić information content (AvgIpc) is 2.03. The Morgan fingerprint density at radius 1 is 1.08 bits per heavy atom. The summed E-state index contributed by atoms with van der Waals surface area (Å²) in [5.74, 6) is 0. The van der Waals surface area contributed by atoms with Crippen LogP contribution in [0.2, 0.25) is 0 Å². The highest BCUT2D eigenvalue weighted by Crippen LogP contribution is 2.57. The van der Waals surface area contributed by atoms with Crippen LogP contribution in [0.15, 0.2) is 36.9 Å². The highest BCUT2D eigenvalue weighted by Gasteiger charge is 2.36. The van der Waals surface area contributed by atoms with Crippen molar-refractivity contribution in [1.29, 1.82) is 0 Å². The summed E-state index contributed by atoms with van der Waals surface area (Å²) in [5.41, 5.74) is 0.540. The summed E-state index contributed by atoms with van der Waals surface area (Å²) in [7, 11) is -3.92. The number of hydrogen-bond donors (Lipinski definition) is 3. The van der Waals surface area contributed by atoms with Gasteiger partial charge in [0.1, 0.15) is 0 Å². The van der Waals surface area contributed by atoms with Crippen molar-refractivity contribution in [1.82, 2.24) is 0 Å². The second-order valence-corrected chi connectivity index (χ2v) is 4.06. The van der Waals surface area contributed by atoms with E-state index >= 15 is 0 Å². The summed E-state index contributed by atoms with van der Waals surface area (Å²) in [6, 6.07) is 8.56. The topological polar surface area (TPSA) is 60.7 Å². The van der Waals surface area contributed by atoms with Crippen LogP contribution in [0.5, 0.6) is 0 Å². The first-order valence-electron chi connectivity index (χ1n) is 3.34. The third-order valence-corrected chi connectivity index (χ3v) is 2.45. The molecule has 0 aromatic heterocycles. The van der Waals surface area contributed by atoms with E-state index in [1.807, 2.05) is 0 Å². The third-order valence-electron chi connectivity index (χ3n) is 1.47. The monoisotopic (exact) mass is 185 g/mol. The van der Waals surface area contributed by atoms with Gasteiger partial charge in [-0.2, -0.15) is 14.7 Å². The Labute approximate surface area is 71.2 Å². The number of rotatable bonds is 2. The van der Waals surface area contributed by atoms with Gasteiger partial charge < -0.3 is 0 Å². The fourth-order valence-electron chi connectivity index (χ4n) is 0.804. The summed E-state index contributed by atoms with van der Waals surface area (Å²) < 4.78 is 0. The van der Waals surface area contributed by atoms with E-state index in [1.54, 1.807) is 30.3 Å². The highest BCUT2D eigenvalue weighted by atomic mass is 31.2. The van der Waals surface area contributed by atoms with Crippen molar-refractivity contribution < 1.29 is 14.7 Å². The van der Waals surface area contributed by atoms with Crippen molar-refractivity contribution in [3.63, 3.8) is 0 Å². The average molecular weight is 185 g/mol. The maximum Gasteiger partial charge on any atom is 0.440 e. The Kier molecular flexibility index (Phi) is 2.60. The molecule has 3 N–H and O–H groups in total. The molecule has 1 aromatic carbocycles. The Morgan fingerprint density at radius 3 is 2.00 bits per heavy atom. The van der Waals surface area contributed by atoms with Crippen LogP contribution >= 0.6 is 7.94 Å². The lowest BCUT2D eigenvalue weighted by molar-refractivity contribution is 0.348. The first-order chi connectivity index (χ1) is 5.52. The van der Waals surface area contributed by atoms with Gasteiger partial charge in [-0.15, -0.1) is 0 Å². The second kappa shape index (κ2) is 3.33. The van der Waals surface area contributed by atoms with E-state index in [9.17, 15) is 0 Å². The predicted octanol–water partition coefficient (Wildman–Crippen LogP) is 1.40. The summed E-state index contributed by atoms with van der Waals surface area (Å²) in [5, 5.41) is -0.0249. The van der Waals surface area contributed by atoms with E-state index in [0.717, 1.165) is 0 Å². The molecule has 12 heavy (non-hydrogen) atoms. The number of hydrogen-bond acceptors (Lipinski definition) is 3. The maximum atomic E-state index is 8.86. The van der Waals surface area contributed by atoms with Gasteiger partial charge in [0.15, 0.2) is 5.31 Å². The minimum atomic E-state index is -3.92. The summed E-state index contributed by atoms with van der Waals surface area (Å²) in [6.45, 7) is 3.40. The quantitative estimate of drug-likeness (QED) is 0.610. The molecule has 0 saturated heterocycles. The Morgan fingerprint density at radius 2 is 1.58 bits per heavy atom. The molecule has 0 aliphatic carbocycles. The zero-order valence-electron chi connectivity index (χ0n) is 6.38. The minimum absolute atomic E-state index is 0.0249. The van der Waals surface area contributed by atoms with E-state index in [-0.39, 0.29) is 5.31 Å². The van der Waals surface area contributed by atoms with Crippen LogP contribution in [-0.4, -0.2) is 14.7 Å². The molecule has 0 aliphatic rings. The van der Waals surface area contributed by atoms with Crippen molar-refractivity contribution in [2.24, 2.45) is 0 Å². The highest BCUT2D eigenvalue weighted by molar-refractivity contribution is 7.69. The molecule has 64 valence electrons. The van der Waals surface area contributed by atoms with Crippen molar-refractivity contribution >= 4 is 13.3 Å². The minimum Gasteiger partial charge on any atom is -0.189 e. The Bertz CT molecular complexity index is 276. The van der Waals surface area contributed by atoms with Gasteiger partial charge in [-0.3, -0.25) is 0 Å². The van der Waals surface area contributed by atoms with E-state index in [4.69, 9.17) is 14.7 Å². The molecule has 3 nitrogen and oxygen atoms in total. The molecule has 0 saturated carbocycles. The van der Waals surface area contributed by atoms with Crippen LogP contribution in [0, 0.1) is 0 Å². The molecule has 0 unspecified atom stereocenters. The first-order valence-corrected chi connectivity index (χ1v) is 4.99. The molecule has 0 amide bonds. The van der Waals surface area contributed by atoms with Crippen molar-refractivity contribution in [2.75, 3.05) is 0 Å². The smallest absolute Gasteiger partial charge is 0.189 e. The fourth-order valence-corrected chi connectivity index (χ4v) is 1.30. The van der Waals surface area contributed by atoms with Crippen LogP contribution in [0.4, 0.5) is 0 Å². The van der Waals surface area contributed by atoms with Crippen LogP contribution < -0.4 is 0 Å². The molecule has 0 atom stereocenters. The second-order valence-electron chi connectivity index (χ2n) is 2.38. The lowest BCUT2D eigenvalue weighted by Gasteiger charge is -2.05. The zero-order chi connectivity index (χ0) is 9.19. The molecule has 0 radical (unpaired) electrons. The van der Waals surface area contributed by atoms with Gasteiger partial charge in [0.25, 0.3) is 0 Å². The maximum absolute atomic E-state index is 8.86. The molecular weight excluding hydrogens is 175 g/mol. The van der Waals surface area contributed by atoms with Crippen molar-refractivity contribution in [3.05, 3.63) is 42.5 Å². The van der Waals surface area contributed by atoms with E-state index < -0.39 is 7.94 Å². The third kappa shape index (κ3) is 2.13. The normalized spacial score (nSPS) is 11.2. The summed E-state index contributed by atoms with van der Waals surface area (Å²) in [4.78, 5) is 26.6.